The molecule has 2 rings (SSSR count). The number of halogens is 1. The van der Waals surface area contributed by atoms with Crippen LogP contribution in [0.2, 0.25) is 0 Å². The van der Waals surface area contributed by atoms with E-state index in [1.807, 2.05) is 13.0 Å². The van der Waals surface area contributed by atoms with Gasteiger partial charge in [0, 0.05) is 33.1 Å². The summed E-state index contributed by atoms with van der Waals surface area (Å²) in [6, 6.07) is 4.94. The molecule has 0 bridgehead atoms. The lowest BCUT2D eigenvalue weighted by atomic mass is 9.95. The third kappa shape index (κ3) is 5.62. The summed E-state index contributed by atoms with van der Waals surface area (Å²) in [6.45, 7) is 4.35. The quantitative estimate of drug-likeness (QED) is 0.606. The average Bonchev–Trinajstić information content (AvgIpc) is 2.58. The number of benzene rings is 1. The largest absolute Gasteiger partial charge is 0.491 e. The second kappa shape index (κ2) is 9.25. The Morgan fingerprint density at radius 1 is 1.52 bits per heavy atom. The molecule has 1 aliphatic rings. The van der Waals surface area contributed by atoms with E-state index in [9.17, 15) is 9.18 Å². The Kier molecular flexibility index (Phi) is 7.03. The van der Waals surface area contributed by atoms with Crippen molar-refractivity contribution < 1.29 is 13.9 Å². The Morgan fingerprint density at radius 2 is 2.32 bits per heavy atom. The zero-order valence-corrected chi connectivity index (χ0v) is 14.9. The molecule has 6 nitrogen and oxygen atoms in total. The number of piperidine rings is 1. The third-order valence-electron chi connectivity index (χ3n) is 4.27. The summed E-state index contributed by atoms with van der Waals surface area (Å²) in [5.41, 5.74) is 6.12. The van der Waals surface area contributed by atoms with Crippen molar-refractivity contribution in [2.45, 2.75) is 32.7 Å². The molecular weight excluding hydrogens is 323 g/mol. The van der Waals surface area contributed by atoms with E-state index in [-0.39, 0.29) is 23.4 Å². The summed E-state index contributed by atoms with van der Waals surface area (Å²) < 4.78 is 19.1. The SMILES string of the molecule is CCOc1ccc(CNC(=NC)N2CCCC(CC(N)=O)C2)cc1F. The van der Waals surface area contributed by atoms with Crippen LogP contribution in [-0.2, 0) is 11.3 Å². The van der Waals surface area contributed by atoms with Crippen molar-refractivity contribution in [1.29, 1.82) is 0 Å². The fourth-order valence-electron chi connectivity index (χ4n) is 3.15. The van der Waals surface area contributed by atoms with Gasteiger partial charge in [-0.1, -0.05) is 6.07 Å². The Labute approximate surface area is 148 Å². The van der Waals surface area contributed by atoms with Crippen molar-refractivity contribution in [1.82, 2.24) is 10.2 Å². The van der Waals surface area contributed by atoms with Gasteiger partial charge in [0.2, 0.25) is 5.91 Å². The van der Waals surface area contributed by atoms with E-state index in [0.717, 1.165) is 37.5 Å². The van der Waals surface area contributed by atoms with Crippen molar-refractivity contribution in [2.75, 3.05) is 26.7 Å². The van der Waals surface area contributed by atoms with Crippen LogP contribution in [0, 0.1) is 11.7 Å². The molecule has 1 saturated heterocycles. The van der Waals surface area contributed by atoms with Gasteiger partial charge in [-0.05, 0) is 43.4 Å². The predicted molar refractivity (Wildman–Crippen MR) is 95.9 cm³/mol. The van der Waals surface area contributed by atoms with Gasteiger partial charge in [-0.15, -0.1) is 0 Å². The Bertz CT molecular complexity index is 621. The maximum Gasteiger partial charge on any atom is 0.217 e. The van der Waals surface area contributed by atoms with Crippen LogP contribution < -0.4 is 15.8 Å². The molecule has 0 aliphatic carbocycles. The number of ether oxygens (including phenoxy) is 1. The zero-order chi connectivity index (χ0) is 18.2. The number of carbonyl (C=O) groups is 1. The molecule has 1 unspecified atom stereocenters. The van der Waals surface area contributed by atoms with Crippen LogP contribution in [0.25, 0.3) is 0 Å². The van der Waals surface area contributed by atoms with Gasteiger partial charge in [-0.2, -0.15) is 0 Å². The van der Waals surface area contributed by atoms with Crippen LogP contribution in [0.5, 0.6) is 5.75 Å². The van der Waals surface area contributed by atoms with E-state index in [1.54, 1.807) is 13.1 Å². The number of nitrogens with one attached hydrogen (secondary N) is 1. The smallest absolute Gasteiger partial charge is 0.217 e. The Hall–Kier alpha value is -2.31. The first kappa shape index (κ1) is 19.0. The van der Waals surface area contributed by atoms with Crippen molar-refractivity contribution in [3.05, 3.63) is 29.6 Å². The van der Waals surface area contributed by atoms with Crippen LogP contribution >= 0.6 is 0 Å². The highest BCUT2D eigenvalue weighted by Gasteiger charge is 2.23. The summed E-state index contributed by atoms with van der Waals surface area (Å²) in [4.78, 5) is 17.6. The van der Waals surface area contributed by atoms with E-state index in [1.165, 1.54) is 6.07 Å². The molecule has 1 amide bonds. The maximum absolute atomic E-state index is 13.9. The summed E-state index contributed by atoms with van der Waals surface area (Å²) in [7, 11) is 1.72. The fourth-order valence-corrected chi connectivity index (χ4v) is 3.15. The maximum atomic E-state index is 13.9. The van der Waals surface area contributed by atoms with E-state index < -0.39 is 0 Å². The van der Waals surface area contributed by atoms with Gasteiger partial charge in [-0.3, -0.25) is 9.79 Å². The van der Waals surface area contributed by atoms with Crippen LogP contribution in [0.15, 0.2) is 23.2 Å². The summed E-state index contributed by atoms with van der Waals surface area (Å²) in [5.74, 6) is 0.646. The molecule has 7 heteroatoms. The molecule has 0 radical (unpaired) electrons. The molecule has 1 fully saturated rings. The molecule has 1 aromatic rings. The molecule has 3 N–H and O–H groups in total. The number of guanidine groups is 1. The highest BCUT2D eigenvalue weighted by Crippen LogP contribution is 2.20. The number of nitrogens with zero attached hydrogens (tertiary/aromatic N) is 2. The molecular formula is C18H27FN4O2. The average molecular weight is 350 g/mol. The van der Waals surface area contributed by atoms with Crippen LogP contribution in [0.3, 0.4) is 0 Å². The topological polar surface area (TPSA) is 79.9 Å². The zero-order valence-electron chi connectivity index (χ0n) is 14.9. The number of carbonyl (C=O) groups excluding carboxylic acids is 1. The normalized spacial score (nSPS) is 18.1. The standard InChI is InChI=1S/C18H27FN4O2/c1-3-25-16-7-6-13(9-15(16)19)11-22-18(21-2)23-8-4-5-14(12-23)10-17(20)24/h6-7,9,14H,3-5,8,10-12H2,1-2H3,(H2,20,24)(H,21,22). The third-order valence-corrected chi connectivity index (χ3v) is 4.27. The minimum absolute atomic E-state index is 0.257. The number of nitrogens with two attached hydrogens (primary N) is 1. The van der Waals surface area contributed by atoms with Crippen LogP contribution in [0.4, 0.5) is 4.39 Å². The first-order valence-corrected chi connectivity index (χ1v) is 8.68. The lowest BCUT2D eigenvalue weighted by molar-refractivity contribution is -0.119. The number of amides is 1. The van der Waals surface area contributed by atoms with Gasteiger partial charge >= 0.3 is 0 Å². The lowest BCUT2D eigenvalue weighted by Crippen LogP contribution is -2.46. The minimum atomic E-state index is -0.365. The van der Waals surface area contributed by atoms with Gasteiger partial charge in [0.05, 0.1) is 6.61 Å². The molecule has 0 saturated carbocycles. The fraction of sp³-hybridized carbons (Fsp3) is 0.556. The summed E-state index contributed by atoms with van der Waals surface area (Å²) in [5, 5.41) is 3.26. The number of hydrogen-bond acceptors (Lipinski definition) is 3. The van der Waals surface area contributed by atoms with Gasteiger partial charge in [0.1, 0.15) is 0 Å². The van der Waals surface area contributed by atoms with Gasteiger partial charge in [0.15, 0.2) is 17.5 Å². The second-order valence-electron chi connectivity index (χ2n) is 6.22. The lowest BCUT2D eigenvalue weighted by Gasteiger charge is -2.34. The van der Waals surface area contributed by atoms with Crippen molar-refractivity contribution in [3.63, 3.8) is 0 Å². The molecule has 25 heavy (non-hydrogen) atoms. The number of rotatable bonds is 6. The number of primary amides is 1. The van der Waals surface area contributed by atoms with E-state index in [4.69, 9.17) is 10.5 Å². The molecule has 138 valence electrons. The minimum Gasteiger partial charge on any atom is -0.491 e. The van der Waals surface area contributed by atoms with Gasteiger partial charge in [-0.25, -0.2) is 4.39 Å². The Balaban J connectivity index is 1.93. The first-order valence-electron chi connectivity index (χ1n) is 8.68. The first-order chi connectivity index (χ1) is 12.0. The summed E-state index contributed by atoms with van der Waals surface area (Å²) >= 11 is 0. The second-order valence-corrected chi connectivity index (χ2v) is 6.22. The van der Waals surface area contributed by atoms with E-state index in [0.29, 0.717) is 19.6 Å². The van der Waals surface area contributed by atoms with Crippen molar-refractivity contribution in [2.24, 2.45) is 16.6 Å². The monoisotopic (exact) mass is 350 g/mol. The van der Waals surface area contributed by atoms with Crippen molar-refractivity contribution in [3.8, 4) is 5.75 Å². The van der Waals surface area contributed by atoms with Gasteiger partial charge in [0.25, 0.3) is 0 Å². The molecule has 0 aromatic heterocycles. The van der Waals surface area contributed by atoms with Crippen LogP contribution in [0.1, 0.15) is 31.7 Å². The summed E-state index contributed by atoms with van der Waals surface area (Å²) in [6.07, 6.45) is 2.40. The van der Waals surface area contributed by atoms with E-state index >= 15 is 0 Å². The molecule has 1 atom stereocenters. The number of likely N-dealkylation sites (tertiary alicyclic amines) is 1. The molecule has 1 aliphatic heterocycles. The Morgan fingerprint density at radius 3 is 2.96 bits per heavy atom. The van der Waals surface area contributed by atoms with Crippen molar-refractivity contribution >= 4 is 11.9 Å². The molecule has 0 spiro atoms. The highest BCUT2D eigenvalue weighted by atomic mass is 19.1. The van der Waals surface area contributed by atoms with Crippen LogP contribution in [-0.4, -0.2) is 43.5 Å². The predicted octanol–water partition coefficient (Wildman–Crippen LogP) is 1.89. The van der Waals surface area contributed by atoms with Gasteiger partial charge < -0.3 is 20.7 Å². The number of hydrogen-bond donors (Lipinski definition) is 2. The van der Waals surface area contributed by atoms with E-state index in [2.05, 4.69) is 15.2 Å². The molecule has 1 heterocycles. The highest BCUT2D eigenvalue weighted by molar-refractivity contribution is 5.80. The molecule has 1 aromatic carbocycles. The number of aliphatic imine (C=N–C) groups is 1.